The molecular formula is C11H13N5O5. The number of anilines is 1. The fraction of sp³-hybridized carbons (Fsp3) is 0.364. The molecule has 2 heterocycles. The van der Waals surface area contributed by atoms with Crippen LogP contribution in [0, 0.1) is 0 Å². The van der Waals surface area contributed by atoms with Crippen LogP contribution in [-0.2, 0) is 16.6 Å². The second-order valence-corrected chi connectivity index (χ2v) is 4.28. The Hall–Kier alpha value is -2.91. The van der Waals surface area contributed by atoms with E-state index in [9.17, 15) is 19.6 Å². The maximum absolute atomic E-state index is 11.7. The molecule has 0 radical (unpaired) electrons. The first-order chi connectivity index (χ1) is 9.88. The van der Waals surface area contributed by atoms with Crippen molar-refractivity contribution in [1.82, 2.24) is 19.3 Å². The SMILES string of the molecule is COC(=O)CN(C)c1ncnc2c1n(O)c(=O)c(=O)n2C. The van der Waals surface area contributed by atoms with Crippen molar-refractivity contribution in [2.75, 3.05) is 25.6 Å². The van der Waals surface area contributed by atoms with E-state index >= 15 is 0 Å². The van der Waals surface area contributed by atoms with Gasteiger partial charge in [0.25, 0.3) is 0 Å². The third kappa shape index (κ3) is 2.30. The number of aromatic nitrogens is 4. The largest absolute Gasteiger partial charge is 0.468 e. The fourth-order valence-electron chi connectivity index (χ4n) is 1.84. The summed E-state index contributed by atoms with van der Waals surface area (Å²) >= 11 is 0. The highest BCUT2D eigenvalue weighted by atomic mass is 16.5. The van der Waals surface area contributed by atoms with Crippen LogP contribution in [0.1, 0.15) is 0 Å². The molecule has 1 N–H and O–H groups in total. The molecule has 0 aliphatic heterocycles. The second kappa shape index (κ2) is 5.23. The third-order valence-corrected chi connectivity index (χ3v) is 2.95. The Labute approximate surface area is 117 Å². The van der Waals surface area contributed by atoms with E-state index < -0.39 is 17.1 Å². The van der Waals surface area contributed by atoms with Crippen LogP contribution in [0.4, 0.5) is 5.82 Å². The number of esters is 1. The Morgan fingerprint density at radius 3 is 2.67 bits per heavy atom. The molecule has 2 rings (SSSR count). The van der Waals surface area contributed by atoms with Gasteiger partial charge in [0.1, 0.15) is 12.9 Å². The summed E-state index contributed by atoms with van der Waals surface area (Å²) in [5, 5.41) is 9.85. The number of hydrogen-bond donors (Lipinski definition) is 1. The number of likely N-dealkylation sites (N-methyl/N-ethyl adjacent to an activating group) is 1. The molecule has 0 atom stereocenters. The lowest BCUT2D eigenvalue weighted by molar-refractivity contribution is -0.138. The average molecular weight is 295 g/mol. The predicted molar refractivity (Wildman–Crippen MR) is 71.5 cm³/mol. The molecule has 0 fully saturated rings. The first-order valence-electron chi connectivity index (χ1n) is 5.82. The van der Waals surface area contributed by atoms with Crippen molar-refractivity contribution in [3.05, 3.63) is 27.0 Å². The second-order valence-electron chi connectivity index (χ2n) is 4.28. The van der Waals surface area contributed by atoms with Gasteiger partial charge in [-0.05, 0) is 0 Å². The summed E-state index contributed by atoms with van der Waals surface area (Å²) in [5.74, 6) is -0.415. The molecule has 0 aliphatic carbocycles. The van der Waals surface area contributed by atoms with Crippen LogP contribution in [0.15, 0.2) is 15.9 Å². The maximum atomic E-state index is 11.7. The van der Waals surface area contributed by atoms with E-state index in [1.165, 1.54) is 26.1 Å². The molecule has 21 heavy (non-hydrogen) atoms. The van der Waals surface area contributed by atoms with Crippen LogP contribution < -0.4 is 16.0 Å². The summed E-state index contributed by atoms with van der Waals surface area (Å²) in [6, 6.07) is 0. The highest BCUT2D eigenvalue weighted by molar-refractivity contribution is 5.85. The number of nitrogens with zero attached hydrogens (tertiary/aromatic N) is 5. The Kier molecular flexibility index (Phi) is 3.61. The molecule has 0 spiro atoms. The number of rotatable bonds is 3. The van der Waals surface area contributed by atoms with Gasteiger partial charge in [-0.2, -0.15) is 0 Å². The summed E-state index contributed by atoms with van der Waals surface area (Å²) < 4.78 is 5.72. The summed E-state index contributed by atoms with van der Waals surface area (Å²) in [5.41, 5.74) is -2.07. The van der Waals surface area contributed by atoms with Crippen molar-refractivity contribution in [3.8, 4) is 0 Å². The monoisotopic (exact) mass is 295 g/mol. The van der Waals surface area contributed by atoms with Crippen molar-refractivity contribution < 1.29 is 14.7 Å². The first-order valence-corrected chi connectivity index (χ1v) is 5.82. The molecular weight excluding hydrogens is 282 g/mol. The Bertz CT molecular complexity index is 824. The van der Waals surface area contributed by atoms with E-state index in [4.69, 9.17) is 0 Å². The van der Waals surface area contributed by atoms with Gasteiger partial charge >= 0.3 is 17.1 Å². The molecule has 10 nitrogen and oxygen atoms in total. The molecule has 0 aromatic carbocycles. The van der Waals surface area contributed by atoms with E-state index in [1.807, 2.05) is 0 Å². The van der Waals surface area contributed by atoms with Crippen LogP contribution in [0.25, 0.3) is 11.2 Å². The average Bonchev–Trinajstić information content (AvgIpc) is 2.49. The van der Waals surface area contributed by atoms with Gasteiger partial charge in [0, 0.05) is 14.1 Å². The van der Waals surface area contributed by atoms with Gasteiger partial charge in [-0.15, -0.1) is 4.73 Å². The molecule has 0 aliphatic rings. The Morgan fingerprint density at radius 2 is 2.05 bits per heavy atom. The van der Waals surface area contributed by atoms with Gasteiger partial charge in [0.05, 0.1) is 7.11 Å². The molecule has 0 unspecified atom stereocenters. The molecule has 10 heteroatoms. The molecule has 0 amide bonds. The first kappa shape index (κ1) is 14.5. The topological polar surface area (TPSA) is 120 Å². The quantitative estimate of drug-likeness (QED) is 0.406. The predicted octanol–water partition coefficient (Wildman–Crippen LogP) is -1.66. The lowest BCUT2D eigenvalue weighted by atomic mass is 10.4. The van der Waals surface area contributed by atoms with Gasteiger partial charge < -0.3 is 14.8 Å². The van der Waals surface area contributed by atoms with E-state index in [0.29, 0.717) is 0 Å². The number of ether oxygens (including phenoxy) is 1. The molecule has 2 aromatic rings. The normalized spacial score (nSPS) is 10.6. The van der Waals surface area contributed by atoms with Gasteiger partial charge in [0.15, 0.2) is 17.0 Å². The number of hydrogen-bond acceptors (Lipinski definition) is 8. The van der Waals surface area contributed by atoms with Crippen molar-refractivity contribution in [1.29, 1.82) is 0 Å². The zero-order valence-corrected chi connectivity index (χ0v) is 11.6. The van der Waals surface area contributed by atoms with Crippen LogP contribution in [0.2, 0.25) is 0 Å². The lowest BCUT2D eigenvalue weighted by Crippen LogP contribution is -2.41. The summed E-state index contributed by atoms with van der Waals surface area (Å²) in [6.07, 6.45) is 1.16. The van der Waals surface area contributed by atoms with Crippen molar-refractivity contribution in [3.63, 3.8) is 0 Å². The van der Waals surface area contributed by atoms with E-state index in [-0.39, 0.29) is 28.3 Å². The summed E-state index contributed by atoms with van der Waals surface area (Å²) in [6.45, 7) is -0.153. The van der Waals surface area contributed by atoms with Crippen LogP contribution in [0.3, 0.4) is 0 Å². The highest BCUT2D eigenvalue weighted by Crippen LogP contribution is 2.18. The highest BCUT2D eigenvalue weighted by Gasteiger charge is 2.19. The lowest BCUT2D eigenvalue weighted by Gasteiger charge is -2.18. The summed E-state index contributed by atoms with van der Waals surface area (Å²) in [7, 11) is 4.11. The van der Waals surface area contributed by atoms with Gasteiger partial charge in [-0.25, -0.2) is 9.97 Å². The fourth-order valence-corrected chi connectivity index (χ4v) is 1.84. The smallest absolute Gasteiger partial charge is 0.349 e. The zero-order valence-electron chi connectivity index (χ0n) is 11.6. The van der Waals surface area contributed by atoms with Gasteiger partial charge in [-0.1, -0.05) is 0 Å². The third-order valence-electron chi connectivity index (χ3n) is 2.95. The number of carbonyl (C=O) groups excluding carboxylic acids is 1. The van der Waals surface area contributed by atoms with E-state index in [1.54, 1.807) is 0 Å². The Balaban J connectivity index is 2.75. The molecule has 112 valence electrons. The molecule has 0 bridgehead atoms. The minimum absolute atomic E-state index is 0.0591. The molecule has 0 saturated carbocycles. The minimum Gasteiger partial charge on any atom is -0.468 e. The van der Waals surface area contributed by atoms with Crippen molar-refractivity contribution >= 4 is 23.0 Å². The number of carbonyl (C=O) groups is 1. The zero-order chi connectivity index (χ0) is 15.7. The number of aryl methyl sites for hydroxylation is 1. The van der Waals surface area contributed by atoms with Crippen LogP contribution in [-0.4, -0.2) is 51.1 Å². The van der Waals surface area contributed by atoms with Crippen LogP contribution >= 0.6 is 0 Å². The van der Waals surface area contributed by atoms with E-state index in [2.05, 4.69) is 14.7 Å². The van der Waals surface area contributed by atoms with Crippen molar-refractivity contribution in [2.45, 2.75) is 0 Å². The maximum Gasteiger partial charge on any atom is 0.349 e. The minimum atomic E-state index is -1.13. The van der Waals surface area contributed by atoms with E-state index in [0.717, 1.165) is 10.9 Å². The van der Waals surface area contributed by atoms with Gasteiger partial charge in [-0.3, -0.25) is 19.0 Å². The Morgan fingerprint density at radius 1 is 1.38 bits per heavy atom. The number of methoxy groups -OCH3 is 1. The standard InChI is InChI=1S/C11H13N5O5/c1-14(4-6(17)21-3)8-7-9(13-5-12-8)15(2)10(18)11(19)16(7)20/h5,20H,4H2,1-3H3. The summed E-state index contributed by atoms with van der Waals surface area (Å²) in [4.78, 5) is 43.8. The number of fused-ring (bicyclic) bond motifs is 1. The molecule has 2 aromatic heterocycles. The van der Waals surface area contributed by atoms with Crippen molar-refractivity contribution in [2.24, 2.45) is 7.05 Å². The van der Waals surface area contributed by atoms with Gasteiger partial charge in [0.2, 0.25) is 0 Å². The molecule has 0 saturated heterocycles. The van der Waals surface area contributed by atoms with Crippen LogP contribution in [0.5, 0.6) is 0 Å².